The van der Waals surface area contributed by atoms with E-state index >= 15 is 0 Å². The average Bonchev–Trinajstić information content (AvgIpc) is 3.29. The van der Waals surface area contributed by atoms with Gasteiger partial charge in [0.1, 0.15) is 12.1 Å². The molecule has 0 fully saturated rings. The molecular formula is C28H31N3O3. The van der Waals surface area contributed by atoms with Gasteiger partial charge in [-0.3, -0.25) is 4.79 Å². The molecule has 0 spiro atoms. The Balaban J connectivity index is 1.75. The Bertz CT molecular complexity index is 1300. The van der Waals surface area contributed by atoms with Gasteiger partial charge in [0.2, 0.25) is 0 Å². The Morgan fingerprint density at radius 1 is 1.09 bits per heavy atom. The number of aromatic nitrogens is 3. The molecule has 2 atom stereocenters. The third kappa shape index (κ3) is 4.59. The molecule has 1 N–H and O–H groups in total. The van der Waals surface area contributed by atoms with Crippen molar-refractivity contribution in [2.75, 3.05) is 0 Å². The molecule has 0 saturated carbocycles. The van der Waals surface area contributed by atoms with Crippen molar-refractivity contribution in [3.63, 3.8) is 0 Å². The van der Waals surface area contributed by atoms with E-state index in [2.05, 4.69) is 16.4 Å². The lowest BCUT2D eigenvalue weighted by Crippen LogP contribution is -2.24. The van der Waals surface area contributed by atoms with Gasteiger partial charge < -0.3 is 9.84 Å². The van der Waals surface area contributed by atoms with Crippen molar-refractivity contribution < 1.29 is 14.6 Å². The van der Waals surface area contributed by atoms with Gasteiger partial charge in [0.25, 0.3) is 0 Å². The number of aryl methyl sites for hydroxylation is 3. The van der Waals surface area contributed by atoms with Crippen LogP contribution < -0.4 is 0 Å². The Kier molecular flexibility index (Phi) is 7.08. The van der Waals surface area contributed by atoms with E-state index in [0.717, 1.165) is 51.0 Å². The van der Waals surface area contributed by atoms with Crippen molar-refractivity contribution >= 4 is 17.0 Å². The van der Waals surface area contributed by atoms with Crippen LogP contribution >= 0.6 is 0 Å². The normalized spacial score (nSPS) is 13.1. The summed E-state index contributed by atoms with van der Waals surface area (Å²) in [6, 6.07) is 19.8. The lowest BCUT2D eigenvalue weighted by molar-refractivity contribution is -0.149. The van der Waals surface area contributed by atoms with Gasteiger partial charge in [0.15, 0.2) is 0 Å². The van der Waals surface area contributed by atoms with E-state index in [4.69, 9.17) is 4.74 Å². The third-order valence-electron chi connectivity index (χ3n) is 6.62. The molecule has 0 bridgehead atoms. The van der Waals surface area contributed by atoms with Crippen LogP contribution in [0.5, 0.6) is 0 Å². The molecule has 34 heavy (non-hydrogen) atoms. The highest BCUT2D eigenvalue weighted by atomic mass is 16.5. The Hall–Kier alpha value is -3.51. The van der Waals surface area contributed by atoms with Crippen LogP contribution in [0.3, 0.4) is 0 Å². The monoisotopic (exact) mass is 457 g/mol. The standard InChI is InChI=1S/C28H31N3O3/c1-5-31-25-14-13-24(19(3)27(25)29-30-31)26(22-12-11-18(2)23(15-22)16-32)20(4)28(33)34-17-21-9-7-6-8-10-21/h6-15,20,26,32H,5,16-17H2,1-4H3. The van der Waals surface area contributed by atoms with Gasteiger partial charge in [-0.15, -0.1) is 5.10 Å². The number of carbonyl (C=O) groups excluding carboxylic acids is 1. The van der Waals surface area contributed by atoms with Gasteiger partial charge in [-0.2, -0.15) is 0 Å². The summed E-state index contributed by atoms with van der Waals surface area (Å²) >= 11 is 0. The number of fused-ring (bicyclic) bond motifs is 1. The van der Waals surface area contributed by atoms with Gasteiger partial charge in [0.05, 0.1) is 18.0 Å². The zero-order valence-electron chi connectivity index (χ0n) is 20.2. The summed E-state index contributed by atoms with van der Waals surface area (Å²) in [5, 5.41) is 18.5. The first-order valence-electron chi connectivity index (χ1n) is 11.7. The number of esters is 1. The molecule has 4 aromatic rings. The highest BCUT2D eigenvalue weighted by Crippen LogP contribution is 2.37. The summed E-state index contributed by atoms with van der Waals surface area (Å²) in [5.74, 6) is -0.975. The highest BCUT2D eigenvalue weighted by Gasteiger charge is 2.31. The number of hydrogen-bond donors (Lipinski definition) is 1. The Morgan fingerprint density at radius 2 is 1.85 bits per heavy atom. The fourth-order valence-electron chi connectivity index (χ4n) is 4.54. The zero-order valence-corrected chi connectivity index (χ0v) is 20.2. The smallest absolute Gasteiger partial charge is 0.309 e. The molecule has 6 nitrogen and oxygen atoms in total. The maximum Gasteiger partial charge on any atom is 0.309 e. The van der Waals surface area contributed by atoms with Crippen molar-refractivity contribution in [3.05, 3.63) is 94.0 Å². The van der Waals surface area contributed by atoms with Crippen LogP contribution in [0.2, 0.25) is 0 Å². The molecule has 0 aliphatic carbocycles. The molecule has 3 aromatic carbocycles. The molecule has 0 aliphatic heterocycles. The molecule has 0 saturated heterocycles. The van der Waals surface area contributed by atoms with Crippen LogP contribution in [-0.4, -0.2) is 26.1 Å². The summed E-state index contributed by atoms with van der Waals surface area (Å²) in [6.07, 6.45) is 0. The fourth-order valence-corrected chi connectivity index (χ4v) is 4.54. The number of hydrogen-bond acceptors (Lipinski definition) is 5. The second-order valence-corrected chi connectivity index (χ2v) is 8.76. The van der Waals surface area contributed by atoms with Gasteiger partial charge in [-0.1, -0.05) is 66.7 Å². The van der Waals surface area contributed by atoms with Gasteiger partial charge in [-0.25, -0.2) is 4.68 Å². The van der Waals surface area contributed by atoms with Crippen LogP contribution in [-0.2, 0) is 29.3 Å². The predicted molar refractivity (Wildman–Crippen MR) is 132 cm³/mol. The first kappa shape index (κ1) is 23.6. The van der Waals surface area contributed by atoms with Crippen LogP contribution in [0.25, 0.3) is 11.0 Å². The van der Waals surface area contributed by atoms with Crippen LogP contribution in [0.1, 0.15) is 53.1 Å². The van der Waals surface area contributed by atoms with E-state index in [1.54, 1.807) is 0 Å². The van der Waals surface area contributed by atoms with E-state index < -0.39 is 5.92 Å². The van der Waals surface area contributed by atoms with E-state index in [9.17, 15) is 9.90 Å². The second kappa shape index (κ2) is 10.2. The topological polar surface area (TPSA) is 77.2 Å². The molecule has 2 unspecified atom stereocenters. The average molecular weight is 458 g/mol. The highest BCUT2D eigenvalue weighted by molar-refractivity contribution is 5.81. The van der Waals surface area contributed by atoms with Crippen LogP contribution in [0, 0.1) is 19.8 Å². The molecule has 0 amide bonds. The van der Waals surface area contributed by atoms with Crippen molar-refractivity contribution in [2.24, 2.45) is 5.92 Å². The molecule has 1 aromatic heterocycles. The van der Waals surface area contributed by atoms with E-state index in [-0.39, 0.29) is 25.1 Å². The van der Waals surface area contributed by atoms with E-state index in [1.807, 2.05) is 87.0 Å². The number of rotatable bonds is 8. The molecule has 6 heteroatoms. The molecule has 0 aliphatic rings. The van der Waals surface area contributed by atoms with E-state index in [1.165, 1.54) is 0 Å². The van der Waals surface area contributed by atoms with Gasteiger partial charge in [-0.05, 0) is 60.2 Å². The number of ether oxygens (including phenoxy) is 1. The summed E-state index contributed by atoms with van der Waals surface area (Å²) in [6.45, 7) is 8.86. The number of carbonyl (C=O) groups is 1. The molecule has 1 heterocycles. The molecule has 4 rings (SSSR count). The third-order valence-corrected chi connectivity index (χ3v) is 6.62. The zero-order chi connectivity index (χ0) is 24.2. The van der Waals surface area contributed by atoms with Crippen LogP contribution in [0.15, 0.2) is 60.7 Å². The minimum absolute atomic E-state index is 0.0535. The fraction of sp³-hybridized carbons (Fsp3) is 0.321. The van der Waals surface area contributed by atoms with Crippen molar-refractivity contribution in [1.29, 1.82) is 0 Å². The van der Waals surface area contributed by atoms with E-state index in [0.29, 0.717) is 0 Å². The lowest BCUT2D eigenvalue weighted by Gasteiger charge is -2.26. The SMILES string of the molecule is CCn1nnc2c(C)c(C(c3ccc(C)c(CO)c3)C(C)C(=O)OCc3ccccc3)ccc21. The molecular weight excluding hydrogens is 426 g/mol. The largest absolute Gasteiger partial charge is 0.461 e. The van der Waals surface area contributed by atoms with Crippen molar-refractivity contribution in [1.82, 2.24) is 15.0 Å². The molecule has 176 valence electrons. The first-order chi connectivity index (χ1) is 16.4. The minimum Gasteiger partial charge on any atom is -0.461 e. The summed E-state index contributed by atoms with van der Waals surface area (Å²) in [7, 11) is 0. The van der Waals surface area contributed by atoms with Gasteiger partial charge in [0, 0.05) is 12.5 Å². The maximum absolute atomic E-state index is 13.2. The maximum atomic E-state index is 13.2. The quantitative estimate of drug-likeness (QED) is 0.374. The van der Waals surface area contributed by atoms with Crippen molar-refractivity contribution in [2.45, 2.75) is 53.4 Å². The minimum atomic E-state index is -0.449. The lowest BCUT2D eigenvalue weighted by atomic mass is 9.79. The second-order valence-electron chi connectivity index (χ2n) is 8.76. The predicted octanol–water partition coefficient (Wildman–Crippen LogP) is 5.07. The Morgan fingerprint density at radius 3 is 2.56 bits per heavy atom. The summed E-state index contributed by atoms with van der Waals surface area (Å²) < 4.78 is 7.59. The first-order valence-corrected chi connectivity index (χ1v) is 11.7. The number of nitrogens with zero attached hydrogens (tertiary/aromatic N) is 3. The van der Waals surface area contributed by atoms with Crippen molar-refractivity contribution in [3.8, 4) is 0 Å². The summed E-state index contributed by atoms with van der Waals surface area (Å²) in [4.78, 5) is 13.2. The van der Waals surface area contributed by atoms with Crippen LogP contribution in [0.4, 0.5) is 0 Å². The molecule has 0 radical (unpaired) electrons. The number of aliphatic hydroxyl groups excluding tert-OH is 1. The number of benzene rings is 3. The number of aliphatic hydroxyl groups is 1. The summed E-state index contributed by atoms with van der Waals surface area (Å²) in [5.41, 5.74) is 7.59. The van der Waals surface area contributed by atoms with Gasteiger partial charge >= 0.3 is 5.97 Å². The Labute approximate surface area is 200 Å².